The van der Waals surface area contributed by atoms with E-state index in [2.05, 4.69) is 52.0 Å². The van der Waals surface area contributed by atoms with Gasteiger partial charge in [0.15, 0.2) is 5.96 Å². The van der Waals surface area contributed by atoms with Gasteiger partial charge in [0, 0.05) is 31.8 Å². The van der Waals surface area contributed by atoms with E-state index in [0.717, 1.165) is 28.2 Å². The molecule has 0 aliphatic carbocycles. The maximum atomic E-state index is 5.86. The summed E-state index contributed by atoms with van der Waals surface area (Å²) in [5, 5.41) is 6.69. The highest BCUT2D eigenvalue weighted by atomic mass is 127. The molecule has 3 rings (SSSR count). The first kappa shape index (κ1) is 26.5. The number of halogens is 1. The van der Waals surface area contributed by atoms with Gasteiger partial charge in [-0.15, -0.1) is 24.0 Å². The molecule has 0 aliphatic rings. The Labute approximate surface area is 213 Å². The van der Waals surface area contributed by atoms with Gasteiger partial charge in [0.1, 0.15) is 11.5 Å². The van der Waals surface area contributed by atoms with E-state index in [9.17, 15) is 0 Å². The van der Waals surface area contributed by atoms with E-state index in [1.165, 1.54) is 5.56 Å². The lowest BCUT2D eigenvalue weighted by atomic mass is 10.1. The van der Waals surface area contributed by atoms with Crippen LogP contribution in [0.3, 0.4) is 0 Å². The predicted octanol–water partition coefficient (Wildman–Crippen LogP) is 4.90. The zero-order valence-corrected chi connectivity index (χ0v) is 21.7. The second-order valence-corrected chi connectivity index (χ2v) is 7.26. The summed E-state index contributed by atoms with van der Waals surface area (Å²) in [7, 11) is 5.05. The molecule has 0 spiro atoms. The normalized spacial score (nSPS) is 10.8. The quantitative estimate of drug-likeness (QED) is 0.210. The van der Waals surface area contributed by atoms with Crippen LogP contribution in [0.2, 0.25) is 0 Å². The summed E-state index contributed by atoms with van der Waals surface area (Å²) in [5.74, 6) is 2.25. The van der Waals surface area contributed by atoms with Crippen molar-refractivity contribution < 1.29 is 14.2 Å². The number of rotatable bonds is 10. The summed E-state index contributed by atoms with van der Waals surface area (Å²) in [6.07, 6.45) is 0. The highest BCUT2D eigenvalue weighted by Gasteiger charge is 2.06. The first-order valence-corrected chi connectivity index (χ1v) is 10.6. The fourth-order valence-electron chi connectivity index (χ4n) is 3.27. The number of benzene rings is 3. The number of nitrogens with zero attached hydrogens (tertiary/aromatic N) is 1. The summed E-state index contributed by atoms with van der Waals surface area (Å²) >= 11 is 0. The highest BCUT2D eigenvalue weighted by Crippen LogP contribution is 2.24. The van der Waals surface area contributed by atoms with Crippen molar-refractivity contribution in [2.75, 3.05) is 21.3 Å². The lowest BCUT2D eigenvalue weighted by molar-refractivity contribution is 0.107. The average Bonchev–Trinajstić information content (AvgIpc) is 2.85. The molecule has 0 amide bonds. The van der Waals surface area contributed by atoms with Crippen LogP contribution in [0.25, 0.3) is 0 Å². The molecule has 2 N–H and O–H groups in total. The van der Waals surface area contributed by atoms with Gasteiger partial charge in [-0.3, -0.25) is 4.99 Å². The standard InChI is InChI=1S/C26H31N3O3.HI/c1-27-26(29-17-23-12-13-24(30-2)15-25(23)31-3)28-16-21-10-7-11-22(14-21)19-32-18-20-8-5-4-6-9-20;/h4-15H,16-19H2,1-3H3,(H2,27,28,29);1H. The molecule has 0 atom stereocenters. The van der Waals surface area contributed by atoms with Crippen LogP contribution >= 0.6 is 24.0 Å². The van der Waals surface area contributed by atoms with Crippen LogP contribution in [0, 0.1) is 0 Å². The fraction of sp³-hybridized carbons (Fsp3) is 0.269. The van der Waals surface area contributed by atoms with Crippen molar-refractivity contribution in [1.29, 1.82) is 0 Å². The molecule has 0 unspecified atom stereocenters. The second-order valence-electron chi connectivity index (χ2n) is 7.26. The van der Waals surface area contributed by atoms with Crippen LogP contribution < -0.4 is 20.1 Å². The van der Waals surface area contributed by atoms with Gasteiger partial charge in [0.05, 0.1) is 27.4 Å². The Balaban J connectivity index is 0.00000385. The predicted molar refractivity (Wildman–Crippen MR) is 143 cm³/mol. The zero-order chi connectivity index (χ0) is 22.6. The Hall–Kier alpha value is -2.78. The van der Waals surface area contributed by atoms with Crippen molar-refractivity contribution in [3.05, 3.63) is 95.1 Å². The van der Waals surface area contributed by atoms with Crippen LogP contribution in [-0.2, 0) is 31.0 Å². The minimum atomic E-state index is 0. The maximum absolute atomic E-state index is 5.86. The lowest BCUT2D eigenvalue weighted by Gasteiger charge is -2.15. The smallest absolute Gasteiger partial charge is 0.191 e. The first-order chi connectivity index (χ1) is 15.7. The van der Waals surface area contributed by atoms with Gasteiger partial charge in [-0.25, -0.2) is 0 Å². The first-order valence-electron chi connectivity index (χ1n) is 10.6. The Morgan fingerprint density at radius 1 is 0.758 bits per heavy atom. The SMILES string of the molecule is CN=C(NCc1cccc(COCc2ccccc2)c1)NCc1ccc(OC)cc1OC.I. The molecule has 0 saturated carbocycles. The van der Waals surface area contributed by atoms with E-state index >= 15 is 0 Å². The summed E-state index contributed by atoms with van der Waals surface area (Å²) < 4.78 is 16.6. The number of nitrogens with one attached hydrogen (secondary N) is 2. The Bertz CT molecular complexity index is 1010. The lowest BCUT2D eigenvalue weighted by Crippen LogP contribution is -2.36. The minimum Gasteiger partial charge on any atom is -0.497 e. The highest BCUT2D eigenvalue weighted by molar-refractivity contribution is 14.0. The maximum Gasteiger partial charge on any atom is 0.191 e. The van der Waals surface area contributed by atoms with Gasteiger partial charge in [0.2, 0.25) is 0 Å². The largest absolute Gasteiger partial charge is 0.497 e. The van der Waals surface area contributed by atoms with Crippen molar-refractivity contribution in [3.8, 4) is 11.5 Å². The molecule has 0 aliphatic heterocycles. The van der Waals surface area contributed by atoms with Gasteiger partial charge in [-0.05, 0) is 28.8 Å². The summed E-state index contributed by atoms with van der Waals surface area (Å²) in [6.45, 7) is 2.42. The number of aliphatic imine (C=N–C) groups is 1. The van der Waals surface area contributed by atoms with Gasteiger partial charge >= 0.3 is 0 Å². The number of hydrogen-bond donors (Lipinski definition) is 2. The monoisotopic (exact) mass is 561 g/mol. The molecule has 0 aromatic heterocycles. The van der Waals surface area contributed by atoms with Crippen molar-refractivity contribution >= 4 is 29.9 Å². The van der Waals surface area contributed by atoms with E-state index in [1.807, 2.05) is 36.4 Å². The molecule has 33 heavy (non-hydrogen) atoms. The molecule has 0 fully saturated rings. The van der Waals surface area contributed by atoms with E-state index in [0.29, 0.717) is 32.3 Å². The number of methoxy groups -OCH3 is 2. The van der Waals surface area contributed by atoms with Crippen molar-refractivity contribution in [1.82, 2.24) is 10.6 Å². The van der Waals surface area contributed by atoms with Crippen molar-refractivity contribution in [2.24, 2.45) is 4.99 Å². The molecule has 0 bridgehead atoms. The minimum absolute atomic E-state index is 0. The van der Waals surface area contributed by atoms with Gasteiger partial charge in [-0.2, -0.15) is 0 Å². The van der Waals surface area contributed by atoms with Crippen LogP contribution in [0.4, 0.5) is 0 Å². The average molecular weight is 561 g/mol. The van der Waals surface area contributed by atoms with Gasteiger partial charge in [-0.1, -0.05) is 54.6 Å². The fourth-order valence-corrected chi connectivity index (χ4v) is 3.27. The molecule has 6 nitrogen and oxygen atoms in total. The molecular weight excluding hydrogens is 529 g/mol. The van der Waals surface area contributed by atoms with Crippen molar-refractivity contribution in [3.63, 3.8) is 0 Å². The van der Waals surface area contributed by atoms with Crippen molar-refractivity contribution in [2.45, 2.75) is 26.3 Å². The third kappa shape index (κ3) is 8.58. The van der Waals surface area contributed by atoms with Gasteiger partial charge < -0.3 is 24.8 Å². The summed E-state index contributed by atoms with van der Waals surface area (Å²) in [5.41, 5.74) is 4.50. The number of ether oxygens (including phenoxy) is 3. The topological polar surface area (TPSA) is 64.1 Å². The molecule has 3 aromatic carbocycles. The molecule has 3 aromatic rings. The van der Waals surface area contributed by atoms with Crippen LogP contribution in [-0.4, -0.2) is 27.2 Å². The van der Waals surface area contributed by atoms with Crippen LogP contribution in [0.5, 0.6) is 11.5 Å². The molecule has 0 radical (unpaired) electrons. The third-order valence-electron chi connectivity index (χ3n) is 5.00. The third-order valence-corrected chi connectivity index (χ3v) is 5.00. The Morgan fingerprint density at radius 3 is 2.18 bits per heavy atom. The van der Waals surface area contributed by atoms with Crippen LogP contribution in [0.1, 0.15) is 22.3 Å². The Morgan fingerprint density at radius 2 is 1.45 bits per heavy atom. The summed E-state index contributed by atoms with van der Waals surface area (Å²) in [6, 6.07) is 24.3. The van der Waals surface area contributed by atoms with E-state index < -0.39 is 0 Å². The van der Waals surface area contributed by atoms with Gasteiger partial charge in [0.25, 0.3) is 0 Å². The molecule has 7 heteroatoms. The number of hydrogen-bond acceptors (Lipinski definition) is 4. The van der Waals surface area contributed by atoms with E-state index in [-0.39, 0.29) is 24.0 Å². The van der Waals surface area contributed by atoms with E-state index in [4.69, 9.17) is 14.2 Å². The van der Waals surface area contributed by atoms with Crippen LogP contribution in [0.15, 0.2) is 77.8 Å². The Kier molecular flexibility index (Phi) is 11.5. The molecule has 0 heterocycles. The van der Waals surface area contributed by atoms with E-state index in [1.54, 1.807) is 21.3 Å². The second kappa shape index (κ2) is 14.4. The number of guanidine groups is 1. The zero-order valence-electron chi connectivity index (χ0n) is 19.3. The summed E-state index contributed by atoms with van der Waals surface area (Å²) in [4.78, 5) is 4.32. The molecule has 0 saturated heterocycles. The molecule has 176 valence electrons. The molecular formula is C26H32IN3O3.